The summed E-state index contributed by atoms with van der Waals surface area (Å²) in [5.74, 6) is -0.580. The first kappa shape index (κ1) is 81.9. The second-order valence-corrected chi connectivity index (χ2v) is 29.1. The van der Waals surface area contributed by atoms with E-state index in [1.165, 1.54) is 70.5 Å². The highest BCUT2D eigenvalue weighted by atomic mass is 16.7. The van der Waals surface area contributed by atoms with Crippen molar-refractivity contribution in [2.45, 2.75) is 165 Å². The molecule has 580 valence electrons. The monoisotopic (exact) mass is 1480 g/mol. The van der Waals surface area contributed by atoms with Gasteiger partial charge in [-0.25, -0.2) is 4.68 Å². The van der Waals surface area contributed by atoms with Crippen LogP contribution in [0, 0.1) is 0 Å². The SMILES string of the molecule is CN1/C(=C/C=C2C=C(/C=C/C3[NH+](CCCCCC(=O)NCc4cn([C@@H](CCCCNC(=O)CCOCCOCCOCCOCCOCCOCCN)C(=O)Nc5ccc(CCO[C@@H]6O[C@H](CO)[C@@H](O)[C@H](O)[C@H]6O)cc5)nn4)c4ccc5ccccc5c4C3(C)C)CCC/2)C(C)(C)c2c1ccc1ccccc21. The number of nitrogens with zero attached hydrogens (tertiary/aromatic N) is 4. The number of aliphatic hydroxyl groups excluding tert-OH is 4. The first-order chi connectivity index (χ1) is 52.0. The lowest BCUT2D eigenvalue weighted by molar-refractivity contribution is -0.850. The molecule has 24 nitrogen and oxygen atoms in total. The van der Waals surface area contributed by atoms with E-state index in [1.807, 2.05) is 12.1 Å². The van der Waals surface area contributed by atoms with Gasteiger partial charge in [0.2, 0.25) is 17.7 Å². The molecule has 3 aliphatic heterocycles. The highest BCUT2D eigenvalue weighted by molar-refractivity contribution is 5.95. The summed E-state index contributed by atoms with van der Waals surface area (Å²) in [6.45, 7) is 16.1. The molecule has 0 bridgehead atoms. The van der Waals surface area contributed by atoms with Crippen LogP contribution in [0.15, 0.2) is 150 Å². The summed E-state index contributed by atoms with van der Waals surface area (Å²) in [5, 5.41) is 63.2. The van der Waals surface area contributed by atoms with Gasteiger partial charge in [-0.2, -0.15) is 0 Å². The van der Waals surface area contributed by atoms with Gasteiger partial charge in [0.25, 0.3) is 0 Å². The largest absolute Gasteiger partial charge is 0.394 e. The molecule has 0 saturated carbocycles. The molecule has 2 unspecified atom stereocenters. The molecule has 24 heteroatoms. The highest BCUT2D eigenvalue weighted by Crippen LogP contribution is 2.50. The minimum atomic E-state index is -1.55. The van der Waals surface area contributed by atoms with Gasteiger partial charge in [-0.1, -0.05) is 104 Å². The maximum Gasteiger partial charge on any atom is 0.249 e. The summed E-state index contributed by atoms with van der Waals surface area (Å²) < 4.78 is 45.6. The fourth-order valence-electron chi connectivity index (χ4n) is 15.1. The molecule has 1 fully saturated rings. The van der Waals surface area contributed by atoms with Crippen molar-refractivity contribution in [3.8, 4) is 0 Å². The lowest BCUT2D eigenvalue weighted by atomic mass is 9.78. The molecule has 1 aliphatic carbocycles. The Balaban J connectivity index is 0.684. The molecule has 1 saturated heterocycles. The number of unbranched alkanes of at least 4 members (excludes halogenated alkanes) is 3. The van der Waals surface area contributed by atoms with Gasteiger partial charge in [-0.3, -0.25) is 19.3 Å². The van der Waals surface area contributed by atoms with E-state index in [2.05, 4.69) is 169 Å². The number of aliphatic hydroxyl groups is 4. The second kappa shape index (κ2) is 41.2. The van der Waals surface area contributed by atoms with Gasteiger partial charge < -0.3 is 84.9 Å². The molecule has 4 heterocycles. The number of hydrogen-bond acceptors (Lipinski definition) is 19. The Morgan fingerprint density at radius 3 is 2.02 bits per heavy atom. The van der Waals surface area contributed by atoms with E-state index in [9.17, 15) is 34.8 Å². The Bertz CT molecular complexity index is 3950. The number of anilines is 2. The van der Waals surface area contributed by atoms with E-state index in [0.717, 1.165) is 50.6 Å². The van der Waals surface area contributed by atoms with Gasteiger partial charge in [-0.15, -0.1) is 5.10 Å². The Labute approximate surface area is 629 Å². The van der Waals surface area contributed by atoms with E-state index in [-0.39, 0.29) is 60.8 Å². The maximum absolute atomic E-state index is 14.2. The van der Waals surface area contributed by atoms with Crippen LogP contribution >= 0.6 is 0 Å². The first-order valence-electron chi connectivity index (χ1n) is 38.3. The lowest BCUT2D eigenvalue weighted by Crippen LogP contribution is -3.10. The molecular weight excluding hydrogens is 1360 g/mol. The molecule has 10 rings (SSSR count). The van der Waals surface area contributed by atoms with Crippen LogP contribution in [-0.2, 0) is 76.1 Å². The van der Waals surface area contributed by atoms with Crippen LogP contribution < -0.4 is 31.5 Å². The summed E-state index contributed by atoms with van der Waals surface area (Å²) in [4.78, 5) is 44.3. The second-order valence-electron chi connectivity index (χ2n) is 29.1. The van der Waals surface area contributed by atoms with Crippen LogP contribution in [-0.4, -0.2) is 209 Å². The van der Waals surface area contributed by atoms with Crippen molar-refractivity contribution < 1.29 is 77.6 Å². The van der Waals surface area contributed by atoms with Crippen LogP contribution in [0.4, 0.5) is 17.1 Å². The van der Waals surface area contributed by atoms with E-state index in [4.69, 9.17) is 43.6 Å². The fraction of sp³-hybridized carbons (Fsp3) is 0.530. The van der Waals surface area contributed by atoms with E-state index < -0.39 is 43.4 Å². The number of carbonyl (C=O) groups is 3. The van der Waals surface area contributed by atoms with Crippen LogP contribution in [0.1, 0.15) is 127 Å². The number of quaternary nitrogens is 1. The zero-order valence-electron chi connectivity index (χ0n) is 63.1. The first-order valence-corrected chi connectivity index (χ1v) is 38.3. The number of amides is 3. The smallest absolute Gasteiger partial charge is 0.249 e. The number of benzene rings is 5. The Morgan fingerprint density at radius 1 is 0.692 bits per heavy atom. The predicted octanol–water partition coefficient (Wildman–Crippen LogP) is 7.82. The van der Waals surface area contributed by atoms with Gasteiger partial charge in [-0.05, 0) is 158 Å². The van der Waals surface area contributed by atoms with Crippen molar-refractivity contribution in [1.82, 2.24) is 25.6 Å². The number of fused-ring (bicyclic) bond motifs is 6. The Hall–Kier alpha value is -7.63. The number of carbonyl (C=O) groups excluding carboxylic acids is 3. The van der Waals surface area contributed by atoms with E-state index >= 15 is 0 Å². The molecule has 10 N–H and O–H groups in total. The normalized spacial score (nSPS) is 21.3. The number of hydrogen-bond donors (Lipinski definition) is 9. The number of nitrogens with two attached hydrogens (primary N) is 1. The molecule has 1 aromatic heterocycles. The minimum absolute atomic E-state index is 0.0914. The van der Waals surface area contributed by atoms with Crippen molar-refractivity contribution in [2.24, 2.45) is 5.73 Å². The fourth-order valence-corrected chi connectivity index (χ4v) is 15.1. The topological polar surface area (TPSA) is 306 Å². The summed E-state index contributed by atoms with van der Waals surface area (Å²) >= 11 is 0. The standard InChI is InChI=1S/C83H113N9O15/c1-82(2)71(90(5)67-32-28-61-18-8-10-20-65(61)75(67)82)34-26-59-16-15-17-60(54-59)27-35-72-83(3,4)76-66-21-11-9-19-62(66)29-33-68(76)91(72)40-14-6-7-23-73(94)86-55-64-56-92(89-88-64)69(80(99)87-63-30-24-58(25-31-63)36-42-106-81-79(98)78(97)77(96)70(57-93)107-81)22-12-13-39-85-74(95)37-41-100-44-46-102-48-50-104-52-53-105-51-49-103-47-45-101-43-38-84/h8-11,18-21,24-35,54,56,69-70,72,77-79,81,93,96-98H,6-7,12-17,22-23,36-53,55,57,84H2,1-5H3,(H,85,95)(H,86,94)(H,87,99)/p+1/b35-27+,59-26+,71-34+/t69-,70+,72?,77+,78-,79+,81+/m0/s1. The average molecular weight is 1480 g/mol. The van der Waals surface area contributed by atoms with Gasteiger partial charge >= 0.3 is 0 Å². The lowest BCUT2D eigenvalue weighted by Gasteiger charge is -2.39. The summed E-state index contributed by atoms with van der Waals surface area (Å²) in [6.07, 6.45) is 15.0. The van der Waals surface area contributed by atoms with Crippen LogP contribution in [0.2, 0.25) is 0 Å². The van der Waals surface area contributed by atoms with Crippen molar-refractivity contribution in [2.75, 3.05) is 129 Å². The van der Waals surface area contributed by atoms with Gasteiger partial charge in [0.05, 0.1) is 117 Å². The number of ether oxygens (including phenoxy) is 8. The quantitative estimate of drug-likeness (QED) is 0.0165. The molecule has 3 amide bonds. The average Bonchev–Trinajstić information content (AvgIpc) is 1.58. The third-order valence-electron chi connectivity index (χ3n) is 20.8. The third kappa shape index (κ3) is 22.5. The molecule has 5 aromatic carbocycles. The van der Waals surface area contributed by atoms with E-state index in [0.29, 0.717) is 129 Å². The zero-order valence-corrected chi connectivity index (χ0v) is 63.1. The molecule has 0 spiro atoms. The molecule has 8 atom stereocenters. The van der Waals surface area contributed by atoms with Crippen LogP contribution in [0.3, 0.4) is 0 Å². The molecule has 0 radical (unpaired) electrons. The van der Waals surface area contributed by atoms with Gasteiger partial charge in [0.15, 0.2) is 6.29 Å². The van der Waals surface area contributed by atoms with Crippen molar-refractivity contribution >= 4 is 56.3 Å². The minimum Gasteiger partial charge on any atom is -0.394 e. The summed E-state index contributed by atoms with van der Waals surface area (Å²) in [6, 6.07) is 33.1. The Morgan fingerprint density at radius 2 is 1.34 bits per heavy atom. The predicted molar refractivity (Wildman–Crippen MR) is 412 cm³/mol. The summed E-state index contributed by atoms with van der Waals surface area (Å²) in [5.41, 5.74) is 16.4. The van der Waals surface area contributed by atoms with Gasteiger partial charge in [0, 0.05) is 67.1 Å². The molecular formula is C83H114N9O15+. The van der Waals surface area contributed by atoms with Crippen molar-refractivity contribution in [3.63, 3.8) is 0 Å². The van der Waals surface area contributed by atoms with Crippen LogP contribution in [0.5, 0.6) is 0 Å². The number of allylic oxidation sites excluding steroid dienone is 7. The number of nitrogens with one attached hydrogen (secondary N) is 4. The van der Waals surface area contributed by atoms with E-state index in [1.54, 1.807) is 18.3 Å². The van der Waals surface area contributed by atoms with Gasteiger partial charge in [0.1, 0.15) is 47.9 Å². The Kier molecular flexibility index (Phi) is 31.6. The van der Waals surface area contributed by atoms with Crippen molar-refractivity contribution in [1.29, 1.82) is 0 Å². The maximum atomic E-state index is 14.2. The highest BCUT2D eigenvalue weighted by Gasteiger charge is 2.49. The molecule has 6 aromatic rings. The number of rotatable bonds is 44. The van der Waals surface area contributed by atoms with Crippen molar-refractivity contribution in [3.05, 3.63) is 173 Å². The number of likely N-dealkylation sites (N-methyl/N-ethyl adjacent to an activating group) is 1. The van der Waals surface area contributed by atoms with Crippen LogP contribution in [0.25, 0.3) is 21.5 Å². The number of aromatic nitrogens is 3. The third-order valence-corrected chi connectivity index (χ3v) is 20.8. The molecule has 4 aliphatic rings. The molecule has 107 heavy (non-hydrogen) atoms. The zero-order chi connectivity index (χ0) is 75.6. The summed E-state index contributed by atoms with van der Waals surface area (Å²) in [7, 11) is 2.20.